The molecule has 1 aliphatic heterocycles. The summed E-state index contributed by atoms with van der Waals surface area (Å²) >= 11 is 5.92. The summed E-state index contributed by atoms with van der Waals surface area (Å²) in [4.78, 5) is 12.2. The van der Waals surface area contributed by atoms with Crippen LogP contribution in [-0.4, -0.2) is 68.4 Å². The standard InChI is InChI=1S/C16H25ClN5O7P/c1-4-26-30(25,27-5-2)28-6-9-11(24)16(3,7-23)14(29-9)22-8-19-10-12(18)20-15(17)21-13(10)22/h8-9,11,14,23-24H,4-7H2,1-3H3,(H2,18,20,21)/t9-,11-,14-,16-/m1/s1. The van der Waals surface area contributed by atoms with Crippen LogP contribution in [0, 0.1) is 5.41 Å². The average molecular weight is 466 g/mol. The summed E-state index contributed by atoms with van der Waals surface area (Å²) in [6, 6.07) is 0. The van der Waals surface area contributed by atoms with Gasteiger partial charge in [-0.2, -0.15) is 9.97 Å². The van der Waals surface area contributed by atoms with Gasteiger partial charge in [-0.05, 0) is 25.4 Å². The van der Waals surface area contributed by atoms with Crippen LogP contribution >= 0.6 is 19.4 Å². The molecule has 3 rings (SSSR count). The highest BCUT2D eigenvalue weighted by Crippen LogP contribution is 2.51. The molecule has 0 amide bonds. The Balaban J connectivity index is 1.89. The van der Waals surface area contributed by atoms with E-state index in [0.29, 0.717) is 5.52 Å². The van der Waals surface area contributed by atoms with Crippen LogP contribution in [0.15, 0.2) is 6.33 Å². The molecule has 3 heterocycles. The normalized spacial score (nSPS) is 27.2. The van der Waals surface area contributed by atoms with Gasteiger partial charge in [0, 0.05) is 0 Å². The second-order valence-electron chi connectivity index (χ2n) is 6.92. The van der Waals surface area contributed by atoms with Gasteiger partial charge in [0.15, 0.2) is 11.5 Å². The number of phosphoric ester groups is 1. The monoisotopic (exact) mass is 465 g/mol. The molecule has 0 spiro atoms. The maximum Gasteiger partial charge on any atom is 0.474 e. The lowest BCUT2D eigenvalue weighted by Gasteiger charge is -2.31. The van der Waals surface area contributed by atoms with E-state index in [2.05, 4.69) is 15.0 Å². The number of hydrogen-bond donors (Lipinski definition) is 3. The highest BCUT2D eigenvalue weighted by Gasteiger charge is 2.54. The maximum absolute atomic E-state index is 12.6. The van der Waals surface area contributed by atoms with Crippen molar-refractivity contribution in [2.75, 3.05) is 32.2 Å². The van der Waals surface area contributed by atoms with E-state index in [-0.39, 0.29) is 36.6 Å². The summed E-state index contributed by atoms with van der Waals surface area (Å²) in [5.74, 6) is 0.0854. The zero-order valence-corrected chi connectivity index (χ0v) is 18.4. The summed E-state index contributed by atoms with van der Waals surface area (Å²) in [5, 5.41) is 20.8. The van der Waals surface area contributed by atoms with Crippen molar-refractivity contribution in [2.45, 2.75) is 39.2 Å². The van der Waals surface area contributed by atoms with Crippen molar-refractivity contribution >= 4 is 36.4 Å². The molecule has 4 atom stereocenters. The molecule has 30 heavy (non-hydrogen) atoms. The van der Waals surface area contributed by atoms with E-state index in [1.54, 1.807) is 20.8 Å². The van der Waals surface area contributed by atoms with Crippen LogP contribution in [0.25, 0.3) is 11.2 Å². The maximum atomic E-state index is 12.6. The van der Waals surface area contributed by atoms with Crippen molar-refractivity contribution in [2.24, 2.45) is 5.41 Å². The predicted molar refractivity (Wildman–Crippen MR) is 107 cm³/mol. The number of aromatic nitrogens is 4. The molecule has 0 aliphatic carbocycles. The molecule has 168 valence electrons. The van der Waals surface area contributed by atoms with Crippen LogP contribution in [0.5, 0.6) is 0 Å². The molecule has 0 aromatic carbocycles. The van der Waals surface area contributed by atoms with Crippen molar-refractivity contribution in [1.29, 1.82) is 0 Å². The first-order chi connectivity index (χ1) is 14.2. The van der Waals surface area contributed by atoms with E-state index < -0.39 is 38.3 Å². The average Bonchev–Trinajstić information content (AvgIpc) is 3.21. The van der Waals surface area contributed by atoms with E-state index in [0.717, 1.165) is 0 Å². The minimum atomic E-state index is -3.81. The van der Waals surface area contributed by atoms with Gasteiger partial charge in [-0.3, -0.25) is 18.1 Å². The molecule has 0 radical (unpaired) electrons. The number of nitrogens with two attached hydrogens (primary N) is 1. The zero-order valence-electron chi connectivity index (χ0n) is 16.8. The largest absolute Gasteiger partial charge is 0.474 e. The molecule has 0 saturated carbocycles. The quantitative estimate of drug-likeness (QED) is 0.363. The minimum Gasteiger partial charge on any atom is -0.396 e. The van der Waals surface area contributed by atoms with Gasteiger partial charge in [-0.1, -0.05) is 6.92 Å². The molecule has 0 bridgehead atoms. The summed E-state index contributed by atoms with van der Waals surface area (Å²) < 4.78 is 35.6. The lowest BCUT2D eigenvalue weighted by atomic mass is 9.83. The lowest BCUT2D eigenvalue weighted by Crippen LogP contribution is -2.41. The van der Waals surface area contributed by atoms with Crippen molar-refractivity contribution < 1.29 is 33.1 Å². The van der Waals surface area contributed by atoms with Crippen LogP contribution in [0.2, 0.25) is 5.28 Å². The fourth-order valence-corrected chi connectivity index (χ4v) is 4.68. The summed E-state index contributed by atoms with van der Waals surface area (Å²) in [6.07, 6.45) is -1.63. The number of imidazole rings is 1. The molecule has 0 unspecified atom stereocenters. The third-order valence-corrected chi connectivity index (χ3v) is 6.66. The van der Waals surface area contributed by atoms with Gasteiger partial charge in [0.25, 0.3) is 0 Å². The number of anilines is 1. The van der Waals surface area contributed by atoms with Crippen molar-refractivity contribution in [1.82, 2.24) is 19.5 Å². The molecule has 2 aromatic heterocycles. The molecular formula is C16H25ClN5O7P. The molecular weight excluding hydrogens is 441 g/mol. The Bertz CT molecular complexity index is 936. The zero-order chi connectivity index (χ0) is 22.1. The van der Waals surface area contributed by atoms with E-state index in [1.807, 2.05) is 0 Å². The first-order valence-corrected chi connectivity index (χ1v) is 11.2. The number of hydrogen-bond acceptors (Lipinski definition) is 11. The predicted octanol–water partition coefficient (Wildman–Crippen LogP) is 1.52. The third kappa shape index (κ3) is 4.19. The molecule has 1 fully saturated rings. The number of phosphoric acid groups is 1. The highest BCUT2D eigenvalue weighted by atomic mass is 35.5. The highest BCUT2D eigenvalue weighted by molar-refractivity contribution is 7.48. The molecule has 1 aliphatic rings. The van der Waals surface area contributed by atoms with Gasteiger partial charge in [0.05, 0.1) is 44.3 Å². The Hall–Kier alpha value is -1.37. The Morgan fingerprint density at radius 1 is 1.33 bits per heavy atom. The van der Waals surface area contributed by atoms with Crippen molar-refractivity contribution in [3.05, 3.63) is 11.6 Å². The summed E-state index contributed by atoms with van der Waals surface area (Å²) in [6.45, 7) is 4.43. The van der Waals surface area contributed by atoms with Gasteiger partial charge < -0.3 is 20.7 Å². The Morgan fingerprint density at radius 2 is 2.00 bits per heavy atom. The van der Waals surface area contributed by atoms with E-state index >= 15 is 0 Å². The molecule has 14 heteroatoms. The SMILES string of the molecule is CCOP(=O)(OCC)OC[C@H]1O[C@@H](n2cnc3c(N)nc(Cl)nc32)[C@](C)(CO)[C@@H]1O. The van der Waals surface area contributed by atoms with Crippen LogP contribution < -0.4 is 5.73 Å². The Kier molecular flexibility index (Phi) is 7.00. The number of nitrogen functional groups attached to an aromatic ring is 1. The number of halogens is 1. The smallest absolute Gasteiger partial charge is 0.396 e. The molecule has 2 aromatic rings. The van der Waals surface area contributed by atoms with Gasteiger partial charge in [0.1, 0.15) is 17.8 Å². The number of aliphatic hydroxyl groups is 2. The molecule has 1 saturated heterocycles. The molecule has 12 nitrogen and oxygen atoms in total. The summed E-state index contributed by atoms with van der Waals surface area (Å²) in [5.41, 5.74) is 5.25. The second-order valence-corrected chi connectivity index (χ2v) is 8.92. The Labute approximate surface area is 177 Å². The van der Waals surface area contributed by atoms with Crippen LogP contribution in [-0.2, 0) is 22.9 Å². The van der Waals surface area contributed by atoms with Crippen molar-refractivity contribution in [3.8, 4) is 0 Å². The number of aliphatic hydroxyl groups excluding tert-OH is 2. The van der Waals surface area contributed by atoms with E-state index in [4.69, 9.17) is 35.6 Å². The van der Waals surface area contributed by atoms with Gasteiger partial charge in [0.2, 0.25) is 5.28 Å². The van der Waals surface area contributed by atoms with Crippen LogP contribution in [0.1, 0.15) is 27.0 Å². The first kappa shape index (κ1) is 23.3. The van der Waals surface area contributed by atoms with Crippen LogP contribution in [0.3, 0.4) is 0 Å². The lowest BCUT2D eigenvalue weighted by molar-refractivity contribution is -0.0602. The third-order valence-electron chi connectivity index (χ3n) is 4.88. The van der Waals surface area contributed by atoms with Gasteiger partial charge in [-0.25, -0.2) is 9.55 Å². The minimum absolute atomic E-state index is 0.0831. The Morgan fingerprint density at radius 3 is 2.60 bits per heavy atom. The van der Waals surface area contributed by atoms with E-state index in [9.17, 15) is 14.8 Å². The first-order valence-electron chi connectivity index (χ1n) is 9.32. The fraction of sp³-hybridized carbons (Fsp3) is 0.688. The number of rotatable bonds is 9. The number of fused-ring (bicyclic) bond motifs is 1. The van der Waals surface area contributed by atoms with Crippen molar-refractivity contribution in [3.63, 3.8) is 0 Å². The molecule has 4 N–H and O–H groups in total. The number of nitrogens with zero attached hydrogens (tertiary/aromatic N) is 4. The number of ether oxygens (including phenoxy) is 1. The van der Waals surface area contributed by atoms with Crippen LogP contribution in [0.4, 0.5) is 5.82 Å². The summed E-state index contributed by atoms with van der Waals surface area (Å²) in [7, 11) is -3.81. The second kappa shape index (κ2) is 9.01. The topological polar surface area (TPSA) is 164 Å². The van der Waals surface area contributed by atoms with E-state index in [1.165, 1.54) is 10.9 Å². The van der Waals surface area contributed by atoms with Gasteiger partial charge >= 0.3 is 7.82 Å². The van der Waals surface area contributed by atoms with Gasteiger partial charge in [-0.15, -0.1) is 0 Å². The fourth-order valence-electron chi connectivity index (χ4n) is 3.33.